The number of likely N-dealkylation sites (N-methyl/N-ethyl adjacent to an activating group) is 1. The van der Waals surface area contributed by atoms with Crippen molar-refractivity contribution >= 4 is 32.7 Å². The maximum absolute atomic E-state index is 12.5. The third kappa shape index (κ3) is 4.11. The molecule has 1 atom stereocenters. The van der Waals surface area contributed by atoms with E-state index in [4.69, 9.17) is 4.74 Å². The number of halogens is 1. The molecule has 0 aliphatic heterocycles. The minimum atomic E-state index is -0.659. The molecule has 0 saturated carbocycles. The molecule has 0 spiro atoms. The van der Waals surface area contributed by atoms with E-state index in [1.165, 1.54) is 4.90 Å². The highest BCUT2D eigenvalue weighted by Crippen LogP contribution is 2.18. The zero-order chi connectivity index (χ0) is 18.7. The summed E-state index contributed by atoms with van der Waals surface area (Å²) in [6, 6.07) is 14.4. The molecule has 0 bridgehead atoms. The molecule has 7 heteroatoms. The fraction of sp³-hybridized carbons (Fsp3) is 0.211. The van der Waals surface area contributed by atoms with Crippen molar-refractivity contribution in [2.45, 2.75) is 19.6 Å². The van der Waals surface area contributed by atoms with Crippen molar-refractivity contribution in [1.29, 1.82) is 0 Å². The summed E-state index contributed by atoms with van der Waals surface area (Å²) in [6.45, 7) is 1.88. The fourth-order valence-electron chi connectivity index (χ4n) is 2.59. The van der Waals surface area contributed by atoms with Crippen molar-refractivity contribution in [3.8, 4) is 5.75 Å². The smallest absolute Gasteiger partial charge is 0.263 e. The summed E-state index contributed by atoms with van der Waals surface area (Å²) < 4.78 is 6.62. The number of carbonyl (C=O) groups is 1. The van der Waals surface area contributed by atoms with Gasteiger partial charge in [0.25, 0.3) is 11.5 Å². The van der Waals surface area contributed by atoms with E-state index >= 15 is 0 Å². The Bertz CT molecular complexity index is 985. The number of rotatable bonds is 5. The van der Waals surface area contributed by atoms with Gasteiger partial charge in [-0.05, 0) is 43.3 Å². The van der Waals surface area contributed by atoms with Crippen LogP contribution in [-0.4, -0.2) is 33.9 Å². The van der Waals surface area contributed by atoms with E-state index < -0.39 is 6.10 Å². The predicted octanol–water partition coefficient (Wildman–Crippen LogP) is 3.11. The van der Waals surface area contributed by atoms with Crippen LogP contribution in [0.25, 0.3) is 10.9 Å². The number of carbonyl (C=O) groups excluding carboxylic acids is 1. The third-order valence-corrected chi connectivity index (χ3v) is 4.43. The van der Waals surface area contributed by atoms with Gasteiger partial charge in [0, 0.05) is 11.5 Å². The molecule has 1 heterocycles. The minimum absolute atomic E-state index is 0.187. The number of hydrogen-bond donors (Lipinski definition) is 1. The van der Waals surface area contributed by atoms with Gasteiger partial charge in [-0.1, -0.05) is 28.1 Å². The molecule has 1 amide bonds. The van der Waals surface area contributed by atoms with Crippen LogP contribution in [0.1, 0.15) is 12.7 Å². The summed E-state index contributed by atoms with van der Waals surface area (Å²) in [6.07, 6.45) is -0.659. The highest BCUT2D eigenvalue weighted by atomic mass is 79.9. The summed E-state index contributed by atoms with van der Waals surface area (Å²) in [7, 11) is 1.65. The predicted molar refractivity (Wildman–Crippen MR) is 103 cm³/mol. The van der Waals surface area contributed by atoms with Crippen LogP contribution in [0.5, 0.6) is 5.75 Å². The lowest BCUT2D eigenvalue weighted by Gasteiger charge is -2.21. The van der Waals surface area contributed by atoms with E-state index in [9.17, 15) is 9.59 Å². The van der Waals surface area contributed by atoms with Gasteiger partial charge in [0.2, 0.25) is 0 Å². The molecule has 26 heavy (non-hydrogen) atoms. The normalized spacial score (nSPS) is 12.0. The third-order valence-electron chi connectivity index (χ3n) is 3.90. The van der Waals surface area contributed by atoms with Crippen LogP contribution in [0.2, 0.25) is 0 Å². The molecule has 2 aromatic carbocycles. The molecule has 1 aromatic heterocycles. The number of hydrogen-bond acceptors (Lipinski definition) is 4. The summed E-state index contributed by atoms with van der Waals surface area (Å²) in [5, 5.41) is 0.525. The second-order valence-corrected chi connectivity index (χ2v) is 6.85. The van der Waals surface area contributed by atoms with Gasteiger partial charge < -0.3 is 14.6 Å². The Labute approximate surface area is 158 Å². The zero-order valence-electron chi connectivity index (χ0n) is 14.4. The molecule has 0 fully saturated rings. The molecule has 1 unspecified atom stereocenters. The molecule has 0 aliphatic rings. The van der Waals surface area contributed by atoms with E-state index in [2.05, 4.69) is 25.9 Å². The van der Waals surface area contributed by atoms with Crippen LogP contribution < -0.4 is 10.3 Å². The number of H-pyrrole nitrogens is 1. The van der Waals surface area contributed by atoms with Crippen molar-refractivity contribution in [2.75, 3.05) is 7.05 Å². The van der Waals surface area contributed by atoms with Crippen LogP contribution in [0.4, 0.5) is 0 Å². The summed E-state index contributed by atoms with van der Waals surface area (Å²) in [4.78, 5) is 33.3. The number of para-hydroxylation sites is 1. The van der Waals surface area contributed by atoms with Crippen molar-refractivity contribution < 1.29 is 9.53 Å². The molecular weight excluding hydrogens is 398 g/mol. The van der Waals surface area contributed by atoms with E-state index in [0.717, 1.165) is 4.47 Å². The lowest BCUT2D eigenvalue weighted by Crippen LogP contribution is -2.38. The second kappa shape index (κ2) is 7.70. The van der Waals surface area contributed by atoms with Crippen LogP contribution in [0.15, 0.2) is 57.8 Å². The maximum Gasteiger partial charge on any atom is 0.263 e. The van der Waals surface area contributed by atoms with Gasteiger partial charge in [0.05, 0.1) is 17.4 Å². The van der Waals surface area contributed by atoms with Gasteiger partial charge in [0.1, 0.15) is 11.6 Å². The SMILES string of the molecule is CC(Oc1ccc(Br)cc1)C(=O)N(C)Cc1nc2ccccc2c(=O)[nH]1. The van der Waals surface area contributed by atoms with Crippen LogP contribution in [0.3, 0.4) is 0 Å². The van der Waals surface area contributed by atoms with Crippen LogP contribution in [0, 0.1) is 0 Å². The Kier molecular flexibility index (Phi) is 5.37. The average Bonchev–Trinajstić information content (AvgIpc) is 2.63. The molecule has 6 nitrogen and oxygen atoms in total. The maximum atomic E-state index is 12.5. The van der Waals surface area contributed by atoms with Crippen molar-refractivity contribution in [1.82, 2.24) is 14.9 Å². The molecule has 3 rings (SSSR count). The Hall–Kier alpha value is -2.67. The van der Waals surface area contributed by atoms with Gasteiger partial charge in [-0.25, -0.2) is 4.98 Å². The number of fused-ring (bicyclic) bond motifs is 1. The highest BCUT2D eigenvalue weighted by Gasteiger charge is 2.20. The van der Waals surface area contributed by atoms with Gasteiger partial charge in [0.15, 0.2) is 6.10 Å². The second-order valence-electron chi connectivity index (χ2n) is 5.94. The van der Waals surface area contributed by atoms with E-state index in [0.29, 0.717) is 22.5 Å². The van der Waals surface area contributed by atoms with Gasteiger partial charge in [-0.15, -0.1) is 0 Å². The number of nitrogens with zero attached hydrogens (tertiary/aromatic N) is 2. The van der Waals surface area contributed by atoms with E-state index in [1.54, 1.807) is 44.3 Å². The summed E-state index contributed by atoms with van der Waals surface area (Å²) in [5.74, 6) is 0.837. The minimum Gasteiger partial charge on any atom is -0.481 e. The Morgan fingerprint density at radius 1 is 1.23 bits per heavy atom. The number of benzene rings is 2. The molecular formula is C19H18BrN3O3. The van der Waals surface area contributed by atoms with Gasteiger partial charge in [-0.3, -0.25) is 9.59 Å². The van der Waals surface area contributed by atoms with Crippen LogP contribution >= 0.6 is 15.9 Å². The highest BCUT2D eigenvalue weighted by molar-refractivity contribution is 9.10. The van der Waals surface area contributed by atoms with E-state index in [-0.39, 0.29) is 18.0 Å². The summed E-state index contributed by atoms with van der Waals surface area (Å²) in [5.41, 5.74) is 0.386. The first-order valence-corrected chi connectivity index (χ1v) is 8.88. The zero-order valence-corrected chi connectivity index (χ0v) is 16.0. The summed E-state index contributed by atoms with van der Waals surface area (Å²) >= 11 is 3.36. The number of ether oxygens (including phenoxy) is 1. The quantitative estimate of drug-likeness (QED) is 0.694. The van der Waals surface area contributed by atoms with Crippen LogP contribution in [-0.2, 0) is 11.3 Å². The molecule has 0 aliphatic carbocycles. The first-order valence-electron chi connectivity index (χ1n) is 8.09. The fourth-order valence-corrected chi connectivity index (χ4v) is 2.85. The molecule has 1 N–H and O–H groups in total. The Morgan fingerprint density at radius 3 is 2.65 bits per heavy atom. The molecule has 0 radical (unpaired) electrons. The Balaban J connectivity index is 1.70. The number of aromatic nitrogens is 2. The number of amides is 1. The topological polar surface area (TPSA) is 75.3 Å². The van der Waals surface area contributed by atoms with Gasteiger partial charge >= 0.3 is 0 Å². The first-order chi connectivity index (χ1) is 12.4. The lowest BCUT2D eigenvalue weighted by molar-refractivity contribution is -0.137. The largest absolute Gasteiger partial charge is 0.481 e. The molecule has 0 saturated heterocycles. The standard InChI is InChI=1S/C19H18BrN3O3/c1-12(26-14-9-7-13(20)8-10-14)19(25)23(2)11-17-21-16-6-4-3-5-15(16)18(24)22-17/h3-10,12H,11H2,1-2H3,(H,21,22,24). The number of aromatic amines is 1. The van der Waals surface area contributed by atoms with Gasteiger partial charge in [-0.2, -0.15) is 0 Å². The Morgan fingerprint density at radius 2 is 1.92 bits per heavy atom. The lowest BCUT2D eigenvalue weighted by atomic mass is 10.2. The first kappa shape index (κ1) is 18.1. The molecule has 134 valence electrons. The van der Waals surface area contributed by atoms with E-state index in [1.807, 2.05) is 18.2 Å². The number of nitrogens with one attached hydrogen (secondary N) is 1. The average molecular weight is 416 g/mol. The van der Waals surface area contributed by atoms with Crippen molar-refractivity contribution in [3.05, 3.63) is 69.2 Å². The molecule has 3 aromatic rings. The van der Waals surface area contributed by atoms with Crippen molar-refractivity contribution in [2.24, 2.45) is 0 Å². The monoisotopic (exact) mass is 415 g/mol. The van der Waals surface area contributed by atoms with Crippen molar-refractivity contribution in [3.63, 3.8) is 0 Å².